The summed E-state index contributed by atoms with van der Waals surface area (Å²) in [5.74, 6) is 0.503. The summed E-state index contributed by atoms with van der Waals surface area (Å²) >= 11 is 8.72. The van der Waals surface area contributed by atoms with Gasteiger partial charge in [0.15, 0.2) is 5.16 Å². The smallest absolute Gasteiger partial charge is 0.272 e. The predicted molar refractivity (Wildman–Crippen MR) is 123 cm³/mol. The van der Waals surface area contributed by atoms with Crippen molar-refractivity contribution in [3.63, 3.8) is 0 Å². The van der Waals surface area contributed by atoms with Crippen LogP contribution < -0.4 is 10.9 Å². The van der Waals surface area contributed by atoms with E-state index in [1.807, 2.05) is 28.8 Å². The number of aryl methyl sites for hydroxylation is 2. The predicted octanol–water partition coefficient (Wildman–Crippen LogP) is 4.60. The fourth-order valence-electron chi connectivity index (χ4n) is 3.16. The molecule has 7 nitrogen and oxygen atoms in total. The maximum Gasteiger partial charge on any atom is 0.272 e. The summed E-state index contributed by atoms with van der Waals surface area (Å²) in [5, 5.41) is 14.4. The van der Waals surface area contributed by atoms with E-state index in [1.165, 1.54) is 23.1 Å². The van der Waals surface area contributed by atoms with Crippen molar-refractivity contribution >= 4 is 62.3 Å². The molecule has 4 aromatic rings. The summed E-state index contributed by atoms with van der Waals surface area (Å²) in [4.78, 5) is 25.4. The minimum atomic E-state index is -0.164. The summed E-state index contributed by atoms with van der Waals surface area (Å²) in [6.45, 7) is 4.58. The third-order valence-electron chi connectivity index (χ3n) is 4.72. The van der Waals surface area contributed by atoms with E-state index in [2.05, 4.69) is 22.4 Å². The number of thiophene rings is 1. The molecule has 0 saturated carbocycles. The maximum absolute atomic E-state index is 12.9. The second-order valence-electron chi connectivity index (χ2n) is 6.86. The number of benzene rings is 1. The van der Waals surface area contributed by atoms with E-state index < -0.39 is 0 Å². The quantitative estimate of drug-likeness (QED) is 0.407. The lowest BCUT2D eigenvalue weighted by molar-refractivity contribution is -0.113. The molecule has 0 unspecified atom stereocenters. The molecule has 30 heavy (non-hydrogen) atoms. The number of nitrogens with zero attached hydrogens (tertiary/aromatic N) is 4. The molecule has 1 aromatic carbocycles. The number of hydrogen-bond donors (Lipinski definition) is 1. The number of fused-ring (bicyclic) bond motifs is 3. The first-order valence-electron chi connectivity index (χ1n) is 9.53. The summed E-state index contributed by atoms with van der Waals surface area (Å²) in [6.07, 6.45) is 1.85. The lowest BCUT2D eigenvalue weighted by Gasteiger charge is -2.09. The lowest BCUT2D eigenvalue weighted by atomic mass is 10.2. The molecule has 1 amide bonds. The monoisotopic (exact) mass is 461 g/mol. The molecule has 4 rings (SSSR count). The first-order valence-corrected chi connectivity index (χ1v) is 11.8. The number of unbranched alkanes of at least 4 members (excludes halogenated alkanes) is 1. The average Bonchev–Trinajstić information content (AvgIpc) is 3.36. The van der Waals surface area contributed by atoms with Gasteiger partial charge in [0, 0.05) is 17.3 Å². The first kappa shape index (κ1) is 20.9. The van der Waals surface area contributed by atoms with Gasteiger partial charge in [0.05, 0.1) is 11.3 Å². The van der Waals surface area contributed by atoms with Gasteiger partial charge in [0.1, 0.15) is 4.70 Å². The van der Waals surface area contributed by atoms with E-state index in [0.717, 1.165) is 23.9 Å². The van der Waals surface area contributed by atoms with Crippen molar-refractivity contribution in [1.29, 1.82) is 0 Å². The largest absolute Gasteiger partial charge is 0.325 e. The molecule has 0 spiro atoms. The van der Waals surface area contributed by atoms with Crippen LogP contribution in [0.5, 0.6) is 0 Å². The summed E-state index contributed by atoms with van der Waals surface area (Å²) in [6, 6.07) is 7.27. The van der Waals surface area contributed by atoms with Crippen molar-refractivity contribution in [2.75, 3.05) is 11.1 Å². The van der Waals surface area contributed by atoms with Gasteiger partial charge >= 0.3 is 0 Å². The van der Waals surface area contributed by atoms with Crippen LogP contribution in [0.1, 0.15) is 25.3 Å². The number of halogens is 1. The van der Waals surface area contributed by atoms with Crippen molar-refractivity contribution in [1.82, 2.24) is 19.2 Å². The number of amides is 1. The third kappa shape index (κ3) is 3.97. The van der Waals surface area contributed by atoms with Gasteiger partial charge in [0.2, 0.25) is 11.7 Å². The second-order valence-corrected chi connectivity index (χ2v) is 9.15. The second kappa shape index (κ2) is 8.79. The van der Waals surface area contributed by atoms with Crippen LogP contribution >= 0.6 is 34.7 Å². The minimum absolute atomic E-state index is 0.0425. The van der Waals surface area contributed by atoms with Crippen LogP contribution in [-0.4, -0.2) is 30.8 Å². The SMILES string of the molecule is CCCCn1c(=O)c2sccc2n2c(SCC(=O)Nc3cc(Cl)ccc3C)nnc12. The number of aromatic nitrogens is 4. The number of thioether (sulfide) groups is 1. The Hall–Kier alpha value is -2.36. The average molecular weight is 462 g/mol. The normalized spacial score (nSPS) is 11.4. The zero-order valence-corrected chi connectivity index (χ0v) is 18.9. The molecular formula is C20H20ClN5O2S2. The number of rotatable bonds is 7. The summed E-state index contributed by atoms with van der Waals surface area (Å²) < 4.78 is 4.21. The zero-order valence-electron chi connectivity index (χ0n) is 16.5. The van der Waals surface area contributed by atoms with E-state index in [4.69, 9.17) is 11.6 Å². The van der Waals surface area contributed by atoms with E-state index >= 15 is 0 Å². The van der Waals surface area contributed by atoms with Gasteiger partial charge in [-0.15, -0.1) is 21.5 Å². The Bertz CT molecular complexity index is 1290. The zero-order chi connectivity index (χ0) is 21.3. The molecule has 10 heteroatoms. The van der Waals surface area contributed by atoms with E-state index in [1.54, 1.807) is 16.7 Å². The van der Waals surface area contributed by atoms with Crippen LogP contribution in [0.15, 0.2) is 39.6 Å². The Morgan fingerprint density at radius 3 is 2.93 bits per heavy atom. The highest BCUT2D eigenvalue weighted by Gasteiger charge is 2.18. The Morgan fingerprint density at radius 2 is 2.13 bits per heavy atom. The van der Waals surface area contributed by atoms with E-state index in [0.29, 0.717) is 32.9 Å². The van der Waals surface area contributed by atoms with Gasteiger partial charge in [-0.2, -0.15) is 0 Å². The molecule has 0 bridgehead atoms. The first-order chi connectivity index (χ1) is 14.5. The molecular weight excluding hydrogens is 442 g/mol. The fraction of sp³-hybridized carbons (Fsp3) is 0.300. The standard InChI is InChI=1S/C20H20ClN5O2S2/c1-3-4-8-25-18(28)17-15(7-9-29-17)26-19(25)23-24-20(26)30-11-16(27)22-14-10-13(21)6-5-12(14)2/h5-7,9-10H,3-4,8,11H2,1-2H3,(H,22,27). The fourth-order valence-corrected chi connectivity index (χ4v) is 4.89. The molecule has 156 valence electrons. The number of anilines is 1. The Kier molecular flexibility index (Phi) is 6.12. The molecule has 3 aromatic heterocycles. The molecule has 0 aliphatic carbocycles. The molecule has 0 aliphatic heterocycles. The number of carbonyl (C=O) groups excluding carboxylic acids is 1. The molecule has 1 N–H and O–H groups in total. The summed E-state index contributed by atoms with van der Waals surface area (Å²) in [5.41, 5.74) is 2.35. The number of nitrogens with one attached hydrogen (secondary N) is 1. The molecule has 0 fully saturated rings. The Balaban J connectivity index is 1.62. The van der Waals surface area contributed by atoms with Gasteiger partial charge in [-0.25, -0.2) is 0 Å². The van der Waals surface area contributed by atoms with Crippen LogP contribution in [0.2, 0.25) is 5.02 Å². The Labute approximate surface area is 186 Å². The number of hydrogen-bond acceptors (Lipinski definition) is 6. The van der Waals surface area contributed by atoms with Crippen LogP contribution in [0, 0.1) is 6.92 Å². The topological polar surface area (TPSA) is 81.3 Å². The Morgan fingerprint density at radius 1 is 1.30 bits per heavy atom. The van der Waals surface area contributed by atoms with Gasteiger partial charge in [-0.1, -0.05) is 42.8 Å². The molecule has 0 radical (unpaired) electrons. The van der Waals surface area contributed by atoms with Crippen LogP contribution in [0.25, 0.3) is 16.0 Å². The van der Waals surface area contributed by atoms with Crippen LogP contribution in [0.3, 0.4) is 0 Å². The van der Waals surface area contributed by atoms with Gasteiger partial charge in [-0.3, -0.25) is 18.6 Å². The van der Waals surface area contributed by atoms with Crippen molar-refractivity contribution in [3.8, 4) is 0 Å². The van der Waals surface area contributed by atoms with Gasteiger partial charge in [-0.05, 0) is 42.5 Å². The molecule has 3 heterocycles. The van der Waals surface area contributed by atoms with E-state index in [9.17, 15) is 9.59 Å². The number of carbonyl (C=O) groups is 1. The van der Waals surface area contributed by atoms with Gasteiger partial charge in [0.25, 0.3) is 5.56 Å². The van der Waals surface area contributed by atoms with Crippen molar-refractivity contribution in [3.05, 3.63) is 50.6 Å². The van der Waals surface area contributed by atoms with Crippen molar-refractivity contribution in [2.24, 2.45) is 0 Å². The lowest BCUT2D eigenvalue weighted by Crippen LogP contribution is -2.22. The van der Waals surface area contributed by atoms with Gasteiger partial charge < -0.3 is 5.32 Å². The molecule has 0 saturated heterocycles. The molecule has 0 atom stereocenters. The van der Waals surface area contributed by atoms with Crippen molar-refractivity contribution < 1.29 is 4.79 Å². The van der Waals surface area contributed by atoms with Crippen LogP contribution in [0.4, 0.5) is 5.69 Å². The molecule has 0 aliphatic rings. The maximum atomic E-state index is 12.9. The highest BCUT2D eigenvalue weighted by atomic mass is 35.5. The minimum Gasteiger partial charge on any atom is -0.325 e. The highest BCUT2D eigenvalue weighted by Crippen LogP contribution is 2.25. The summed E-state index contributed by atoms with van der Waals surface area (Å²) in [7, 11) is 0. The third-order valence-corrected chi connectivity index (χ3v) is 6.78. The van der Waals surface area contributed by atoms with E-state index in [-0.39, 0.29) is 17.2 Å². The van der Waals surface area contributed by atoms with Crippen molar-refractivity contribution in [2.45, 2.75) is 38.4 Å². The van der Waals surface area contributed by atoms with Crippen LogP contribution in [-0.2, 0) is 11.3 Å². The highest BCUT2D eigenvalue weighted by molar-refractivity contribution is 7.99.